The molecule has 0 spiro atoms. The third-order valence-corrected chi connectivity index (χ3v) is 4.09. The van der Waals surface area contributed by atoms with Crippen LogP contribution in [0.1, 0.15) is 26.7 Å². The molecule has 0 amide bonds. The van der Waals surface area contributed by atoms with Gasteiger partial charge in [0.25, 0.3) is 5.69 Å². The second kappa shape index (κ2) is 5.59. The molecule has 1 aromatic heterocycles. The Morgan fingerprint density at radius 3 is 2.58 bits per heavy atom. The summed E-state index contributed by atoms with van der Waals surface area (Å²) in [5.41, 5.74) is 0.0445. The van der Waals surface area contributed by atoms with E-state index in [4.69, 9.17) is 4.74 Å². The number of ketones is 1. The molecule has 1 aromatic carbocycles. The van der Waals surface area contributed by atoms with Crippen LogP contribution in [0.5, 0.6) is 5.75 Å². The van der Waals surface area contributed by atoms with Crippen LogP contribution in [0.3, 0.4) is 0 Å². The van der Waals surface area contributed by atoms with Crippen molar-refractivity contribution < 1.29 is 19.2 Å². The van der Waals surface area contributed by atoms with Crippen LogP contribution in [0, 0.1) is 10.1 Å². The Morgan fingerprint density at radius 2 is 2.04 bits per heavy atom. The molecule has 7 nitrogen and oxygen atoms in total. The van der Waals surface area contributed by atoms with Crippen molar-refractivity contribution in [2.45, 2.75) is 32.2 Å². The first-order valence-corrected chi connectivity index (χ1v) is 7.51. The van der Waals surface area contributed by atoms with Gasteiger partial charge in [-0.25, -0.2) is 0 Å². The molecule has 1 heterocycles. The summed E-state index contributed by atoms with van der Waals surface area (Å²) >= 11 is 0. The average Bonchev–Trinajstić information content (AvgIpc) is 3.17. The highest BCUT2D eigenvalue weighted by Crippen LogP contribution is 2.49. The number of nitrogens with zero attached hydrogens (tertiary/aromatic N) is 2. The first-order valence-electron chi connectivity index (χ1n) is 7.51. The Kier molecular flexibility index (Phi) is 3.71. The molecular weight excluding hydrogens is 312 g/mol. The van der Waals surface area contributed by atoms with Crippen LogP contribution in [0.25, 0.3) is 10.9 Å². The summed E-state index contributed by atoms with van der Waals surface area (Å²) in [5, 5.41) is 11.8. The van der Waals surface area contributed by atoms with Crippen molar-refractivity contribution in [3.63, 3.8) is 0 Å². The summed E-state index contributed by atoms with van der Waals surface area (Å²) in [7, 11) is 0. The number of esters is 1. The van der Waals surface area contributed by atoms with Gasteiger partial charge in [-0.15, -0.1) is 0 Å². The van der Waals surface area contributed by atoms with Crippen LogP contribution in [0.4, 0.5) is 5.69 Å². The zero-order valence-electron chi connectivity index (χ0n) is 13.3. The van der Waals surface area contributed by atoms with Gasteiger partial charge < -0.3 is 9.30 Å². The molecule has 0 atom stereocenters. The van der Waals surface area contributed by atoms with Gasteiger partial charge in [-0.1, -0.05) is 12.1 Å². The number of aromatic nitrogens is 1. The van der Waals surface area contributed by atoms with Gasteiger partial charge in [0.15, 0.2) is 5.78 Å². The van der Waals surface area contributed by atoms with Gasteiger partial charge in [0.2, 0.25) is 0 Å². The van der Waals surface area contributed by atoms with Gasteiger partial charge in [0.05, 0.1) is 22.2 Å². The van der Waals surface area contributed by atoms with Crippen molar-refractivity contribution in [1.29, 1.82) is 0 Å². The second-order valence-electron chi connectivity index (χ2n) is 5.93. The molecule has 1 aliphatic rings. The fraction of sp³-hybridized carbons (Fsp3) is 0.294. The Hall–Kier alpha value is -2.96. The summed E-state index contributed by atoms with van der Waals surface area (Å²) in [6.45, 7) is 2.71. The van der Waals surface area contributed by atoms with E-state index in [1.54, 1.807) is 22.8 Å². The number of rotatable bonds is 5. The number of benzene rings is 1. The minimum absolute atomic E-state index is 0.0761. The predicted octanol–water partition coefficient (Wildman–Crippen LogP) is 3.11. The highest BCUT2D eigenvalue weighted by atomic mass is 16.6. The van der Waals surface area contributed by atoms with Gasteiger partial charge in [-0.2, -0.15) is 0 Å². The quantitative estimate of drug-likeness (QED) is 0.276. The van der Waals surface area contributed by atoms with Crippen LogP contribution in [-0.2, 0) is 15.1 Å². The zero-order chi connectivity index (χ0) is 17.5. The van der Waals surface area contributed by atoms with Crippen LogP contribution in [-0.4, -0.2) is 21.2 Å². The molecule has 7 heteroatoms. The molecule has 1 fully saturated rings. The van der Waals surface area contributed by atoms with Crippen LogP contribution in [0.2, 0.25) is 0 Å². The Morgan fingerprint density at radius 1 is 1.33 bits per heavy atom. The molecule has 2 aromatic rings. The number of hydrogen-bond donors (Lipinski definition) is 0. The molecule has 1 saturated carbocycles. The first kappa shape index (κ1) is 15.9. The number of fused-ring (bicyclic) bond motifs is 1. The maximum absolute atomic E-state index is 11.5. The molecule has 1 aliphatic carbocycles. The molecule has 0 unspecified atom stereocenters. The molecular formula is C17H16N2O5. The van der Waals surface area contributed by atoms with E-state index < -0.39 is 16.4 Å². The van der Waals surface area contributed by atoms with Crippen LogP contribution >= 0.6 is 0 Å². The largest absolute Gasteiger partial charge is 0.426 e. The van der Waals surface area contributed by atoms with Crippen molar-refractivity contribution >= 4 is 28.3 Å². The Labute approximate surface area is 137 Å². The summed E-state index contributed by atoms with van der Waals surface area (Å²) in [5.74, 6) is -0.452. The Balaban J connectivity index is 2.22. The summed E-state index contributed by atoms with van der Waals surface area (Å²) in [6.07, 6.45) is 6.30. The normalized spacial score (nSPS) is 15.6. The van der Waals surface area contributed by atoms with Crippen molar-refractivity contribution in [1.82, 2.24) is 4.57 Å². The predicted molar refractivity (Wildman–Crippen MR) is 86.9 cm³/mol. The summed E-state index contributed by atoms with van der Waals surface area (Å²) in [6, 6.07) is 4.97. The van der Waals surface area contributed by atoms with Crippen molar-refractivity contribution in [2.24, 2.45) is 0 Å². The molecule has 124 valence electrons. The molecule has 3 rings (SSSR count). The van der Waals surface area contributed by atoms with Crippen LogP contribution in [0.15, 0.2) is 36.5 Å². The fourth-order valence-corrected chi connectivity index (χ4v) is 2.87. The number of hydrogen-bond acceptors (Lipinski definition) is 5. The van der Waals surface area contributed by atoms with E-state index in [0.717, 1.165) is 12.8 Å². The second-order valence-corrected chi connectivity index (χ2v) is 5.93. The van der Waals surface area contributed by atoms with E-state index in [9.17, 15) is 19.7 Å². The number of ether oxygens (including phenoxy) is 1. The lowest BCUT2D eigenvalue weighted by molar-refractivity contribution is -0.383. The highest BCUT2D eigenvalue weighted by Gasteiger charge is 2.44. The lowest BCUT2D eigenvalue weighted by Gasteiger charge is -2.14. The van der Waals surface area contributed by atoms with Crippen molar-refractivity contribution in [3.05, 3.63) is 46.7 Å². The average molecular weight is 328 g/mol. The molecule has 0 aliphatic heterocycles. The highest BCUT2D eigenvalue weighted by molar-refractivity contribution is 5.97. The number of allylic oxidation sites excluding steroid dienone is 2. The van der Waals surface area contributed by atoms with E-state index in [1.165, 1.54) is 32.2 Å². The van der Waals surface area contributed by atoms with Gasteiger partial charge >= 0.3 is 5.97 Å². The summed E-state index contributed by atoms with van der Waals surface area (Å²) < 4.78 is 6.93. The topological polar surface area (TPSA) is 91.4 Å². The Bertz CT molecular complexity index is 890. The smallest absolute Gasteiger partial charge is 0.308 e. The van der Waals surface area contributed by atoms with Gasteiger partial charge in [0, 0.05) is 6.92 Å². The minimum Gasteiger partial charge on any atom is -0.426 e. The molecule has 24 heavy (non-hydrogen) atoms. The molecule has 0 saturated heterocycles. The van der Waals surface area contributed by atoms with Crippen molar-refractivity contribution in [2.75, 3.05) is 0 Å². The van der Waals surface area contributed by atoms with Gasteiger partial charge in [-0.05, 0) is 38.0 Å². The molecule has 0 radical (unpaired) electrons. The van der Waals surface area contributed by atoms with Crippen LogP contribution < -0.4 is 4.74 Å². The minimum atomic E-state index is -0.540. The van der Waals surface area contributed by atoms with E-state index in [-0.39, 0.29) is 17.2 Å². The number of carbonyl (C=O) groups is 2. The number of carbonyl (C=O) groups excluding carboxylic acids is 2. The standard InChI is InChI=1S/C17H16N2O5/c1-11(20)6-7-17(8-9-17)18-10-14(19(22)23)16-13(18)4-3-5-15(16)24-12(2)21/h3-7,10H,8-9H2,1-2H3/b7-6+. The van der Waals surface area contributed by atoms with E-state index >= 15 is 0 Å². The fourth-order valence-electron chi connectivity index (χ4n) is 2.87. The van der Waals surface area contributed by atoms with E-state index in [2.05, 4.69) is 0 Å². The molecule has 0 bridgehead atoms. The first-order chi connectivity index (χ1) is 11.3. The number of nitro groups is 1. The SMILES string of the molecule is CC(=O)/C=C/C1(n2cc([N+](=O)[O-])c3c(OC(C)=O)cccc32)CC1. The third-order valence-electron chi connectivity index (χ3n) is 4.09. The summed E-state index contributed by atoms with van der Waals surface area (Å²) in [4.78, 5) is 33.5. The van der Waals surface area contributed by atoms with Crippen molar-refractivity contribution in [3.8, 4) is 5.75 Å². The maximum atomic E-state index is 11.5. The van der Waals surface area contributed by atoms with E-state index in [0.29, 0.717) is 10.9 Å². The monoisotopic (exact) mass is 328 g/mol. The lowest BCUT2D eigenvalue weighted by Crippen LogP contribution is -2.13. The van der Waals surface area contributed by atoms with Gasteiger partial charge in [0.1, 0.15) is 11.1 Å². The van der Waals surface area contributed by atoms with E-state index in [1.807, 2.05) is 0 Å². The third kappa shape index (κ3) is 2.68. The lowest BCUT2D eigenvalue weighted by atomic mass is 10.2. The maximum Gasteiger partial charge on any atom is 0.308 e. The zero-order valence-corrected chi connectivity index (χ0v) is 13.3. The van der Waals surface area contributed by atoms with Gasteiger partial charge in [-0.3, -0.25) is 19.7 Å². The molecule has 0 N–H and O–H groups in total.